The van der Waals surface area contributed by atoms with E-state index >= 15 is 0 Å². The van der Waals surface area contributed by atoms with Crippen molar-refractivity contribution in [2.24, 2.45) is 0 Å². The summed E-state index contributed by atoms with van der Waals surface area (Å²) < 4.78 is 0. The highest BCUT2D eigenvalue weighted by Crippen LogP contribution is 2.31. The third-order valence-corrected chi connectivity index (χ3v) is 3.93. The molecule has 0 saturated heterocycles. The zero-order valence-corrected chi connectivity index (χ0v) is 11.1. The zero-order valence-electron chi connectivity index (χ0n) is 8.01. The molecule has 0 aliphatic rings. The van der Waals surface area contributed by atoms with Crippen LogP contribution in [0.5, 0.6) is 0 Å². The van der Waals surface area contributed by atoms with E-state index in [0.29, 0.717) is 26.6 Å². The second-order valence-electron chi connectivity index (χ2n) is 3.20. The van der Waals surface area contributed by atoms with Gasteiger partial charge in [0.15, 0.2) is 5.13 Å². The summed E-state index contributed by atoms with van der Waals surface area (Å²) in [6.45, 7) is 0. The zero-order chi connectivity index (χ0) is 11.7. The summed E-state index contributed by atoms with van der Waals surface area (Å²) in [5.41, 5.74) is 6.47. The van der Waals surface area contributed by atoms with Crippen molar-refractivity contribution in [3.63, 3.8) is 0 Å². The van der Waals surface area contributed by atoms with Gasteiger partial charge in [0.2, 0.25) is 0 Å². The molecule has 6 heteroatoms. The molecule has 2 nitrogen and oxygen atoms in total. The molecule has 0 fully saturated rings. The van der Waals surface area contributed by atoms with Gasteiger partial charge in [-0.15, -0.1) is 11.3 Å². The Morgan fingerprint density at radius 2 is 1.81 bits per heavy atom. The summed E-state index contributed by atoms with van der Waals surface area (Å²) >= 11 is 19.3. The van der Waals surface area contributed by atoms with E-state index in [4.69, 9.17) is 40.5 Å². The fraction of sp³-hybridized carbons (Fsp3) is 0.100. The van der Waals surface area contributed by atoms with Crippen LogP contribution in [0, 0.1) is 0 Å². The second kappa shape index (κ2) is 4.80. The Morgan fingerprint density at radius 1 is 1.12 bits per heavy atom. The van der Waals surface area contributed by atoms with Crippen LogP contribution in [0.4, 0.5) is 5.13 Å². The Kier molecular flexibility index (Phi) is 3.60. The van der Waals surface area contributed by atoms with Gasteiger partial charge in [0.25, 0.3) is 0 Å². The highest BCUT2D eigenvalue weighted by Gasteiger charge is 2.08. The van der Waals surface area contributed by atoms with E-state index in [0.717, 1.165) is 10.4 Å². The number of hydrogen-bond donors (Lipinski definition) is 1. The first-order valence-electron chi connectivity index (χ1n) is 4.40. The number of nitrogen functional groups attached to an aromatic ring is 1. The number of anilines is 1. The van der Waals surface area contributed by atoms with Crippen molar-refractivity contribution in [2.45, 2.75) is 6.42 Å². The lowest BCUT2D eigenvalue weighted by Crippen LogP contribution is -1.87. The first-order valence-corrected chi connectivity index (χ1v) is 6.35. The molecule has 2 aromatic rings. The summed E-state index contributed by atoms with van der Waals surface area (Å²) in [4.78, 5) is 5.02. The quantitative estimate of drug-likeness (QED) is 0.840. The summed E-state index contributed by atoms with van der Waals surface area (Å²) in [6, 6.07) is 3.41. The normalized spacial score (nSPS) is 10.7. The monoisotopic (exact) mass is 292 g/mol. The van der Waals surface area contributed by atoms with Gasteiger partial charge >= 0.3 is 0 Å². The van der Waals surface area contributed by atoms with E-state index in [1.807, 2.05) is 0 Å². The van der Waals surface area contributed by atoms with Gasteiger partial charge in [0, 0.05) is 22.5 Å². The first kappa shape index (κ1) is 12.0. The fourth-order valence-corrected chi connectivity index (χ4v) is 2.63. The standard InChI is InChI=1S/C10H7Cl3N2S/c11-7-3-9(13)8(12)2-5(7)1-6-4-15-10(14)16-6/h2-4H,1H2,(H2,14,15). The van der Waals surface area contributed by atoms with Crippen LogP contribution in [0.15, 0.2) is 18.3 Å². The van der Waals surface area contributed by atoms with Crippen molar-refractivity contribution in [1.29, 1.82) is 0 Å². The minimum Gasteiger partial charge on any atom is -0.375 e. The topological polar surface area (TPSA) is 38.9 Å². The van der Waals surface area contributed by atoms with Crippen molar-refractivity contribution >= 4 is 51.3 Å². The number of rotatable bonds is 2. The second-order valence-corrected chi connectivity index (χ2v) is 5.57. The number of halogens is 3. The molecule has 16 heavy (non-hydrogen) atoms. The molecular formula is C10H7Cl3N2S. The SMILES string of the molecule is Nc1ncc(Cc2cc(Cl)c(Cl)cc2Cl)s1. The minimum atomic E-state index is 0.458. The average Bonchev–Trinajstić information content (AvgIpc) is 2.60. The van der Waals surface area contributed by atoms with E-state index < -0.39 is 0 Å². The molecule has 84 valence electrons. The van der Waals surface area contributed by atoms with Gasteiger partial charge in [-0.2, -0.15) is 0 Å². The van der Waals surface area contributed by atoms with E-state index in [9.17, 15) is 0 Å². The number of nitrogens with two attached hydrogens (primary N) is 1. The third-order valence-electron chi connectivity index (χ3n) is 2.03. The maximum atomic E-state index is 6.07. The molecule has 1 aromatic heterocycles. The van der Waals surface area contributed by atoms with Crippen LogP contribution >= 0.6 is 46.1 Å². The van der Waals surface area contributed by atoms with E-state index in [2.05, 4.69) is 4.98 Å². The van der Waals surface area contributed by atoms with E-state index in [-0.39, 0.29) is 0 Å². The van der Waals surface area contributed by atoms with Crippen LogP contribution in [0.3, 0.4) is 0 Å². The van der Waals surface area contributed by atoms with Crippen LogP contribution in [0.1, 0.15) is 10.4 Å². The van der Waals surface area contributed by atoms with Crippen molar-refractivity contribution in [3.05, 3.63) is 43.8 Å². The predicted molar refractivity (Wildman–Crippen MR) is 70.8 cm³/mol. The lowest BCUT2D eigenvalue weighted by atomic mass is 10.1. The lowest BCUT2D eigenvalue weighted by Gasteiger charge is -2.04. The summed E-state index contributed by atoms with van der Waals surface area (Å²) in [7, 11) is 0. The molecule has 0 aliphatic carbocycles. The van der Waals surface area contributed by atoms with Crippen molar-refractivity contribution in [2.75, 3.05) is 5.73 Å². The third kappa shape index (κ3) is 2.61. The Balaban J connectivity index is 2.31. The molecule has 2 rings (SSSR count). The molecule has 2 N–H and O–H groups in total. The predicted octanol–water partition coefficient (Wildman–Crippen LogP) is 4.28. The fourth-order valence-electron chi connectivity index (χ4n) is 1.29. The number of nitrogens with zero attached hydrogens (tertiary/aromatic N) is 1. The Labute approximate surface area is 112 Å². The molecule has 0 atom stereocenters. The van der Waals surface area contributed by atoms with Crippen LogP contribution in [-0.2, 0) is 6.42 Å². The Morgan fingerprint density at radius 3 is 2.44 bits per heavy atom. The van der Waals surface area contributed by atoms with Crippen LogP contribution in [0.25, 0.3) is 0 Å². The average molecular weight is 294 g/mol. The molecule has 0 amide bonds. The van der Waals surface area contributed by atoms with Crippen LogP contribution < -0.4 is 5.73 Å². The van der Waals surface area contributed by atoms with Gasteiger partial charge in [-0.1, -0.05) is 34.8 Å². The molecule has 0 unspecified atom stereocenters. The molecule has 1 heterocycles. The molecule has 0 aliphatic heterocycles. The highest BCUT2D eigenvalue weighted by molar-refractivity contribution is 7.15. The smallest absolute Gasteiger partial charge is 0.180 e. The molecule has 0 radical (unpaired) electrons. The Bertz CT molecular complexity index is 525. The molecular weight excluding hydrogens is 287 g/mol. The van der Waals surface area contributed by atoms with Gasteiger partial charge in [0.05, 0.1) is 10.0 Å². The maximum absolute atomic E-state index is 6.07. The number of hydrogen-bond acceptors (Lipinski definition) is 3. The molecule has 1 aromatic carbocycles. The minimum absolute atomic E-state index is 0.458. The molecule has 0 saturated carbocycles. The summed E-state index contributed by atoms with van der Waals surface area (Å²) in [6.07, 6.45) is 2.39. The largest absolute Gasteiger partial charge is 0.375 e. The van der Waals surface area contributed by atoms with Gasteiger partial charge < -0.3 is 5.73 Å². The van der Waals surface area contributed by atoms with E-state index in [1.165, 1.54) is 11.3 Å². The van der Waals surface area contributed by atoms with Gasteiger partial charge in [-0.3, -0.25) is 0 Å². The van der Waals surface area contributed by atoms with Crippen LogP contribution in [-0.4, -0.2) is 4.98 Å². The highest BCUT2D eigenvalue weighted by atomic mass is 35.5. The van der Waals surface area contributed by atoms with Gasteiger partial charge in [-0.05, 0) is 17.7 Å². The Hall–Kier alpha value is -0.480. The van der Waals surface area contributed by atoms with E-state index in [1.54, 1.807) is 18.3 Å². The maximum Gasteiger partial charge on any atom is 0.180 e. The molecule has 0 spiro atoms. The number of benzene rings is 1. The number of aromatic nitrogens is 1. The van der Waals surface area contributed by atoms with Crippen molar-refractivity contribution < 1.29 is 0 Å². The van der Waals surface area contributed by atoms with Crippen LogP contribution in [0.2, 0.25) is 15.1 Å². The summed E-state index contributed by atoms with van der Waals surface area (Å²) in [5.74, 6) is 0. The summed E-state index contributed by atoms with van der Waals surface area (Å²) in [5, 5.41) is 2.10. The first-order chi connectivity index (χ1) is 7.56. The number of thiazole rings is 1. The van der Waals surface area contributed by atoms with Gasteiger partial charge in [-0.25, -0.2) is 4.98 Å². The van der Waals surface area contributed by atoms with Crippen molar-refractivity contribution in [3.8, 4) is 0 Å². The molecule has 0 bridgehead atoms. The lowest BCUT2D eigenvalue weighted by molar-refractivity contribution is 1.22. The van der Waals surface area contributed by atoms with Gasteiger partial charge in [0.1, 0.15) is 0 Å². The van der Waals surface area contributed by atoms with Crippen molar-refractivity contribution in [1.82, 2.24) is 4.98 Å².